The molecule has 0 spiro atoms. The van der Waals surface area contributed by atoms with E-state index in [9.17, 15) is 18.0 Å². The van der Waals surface area contributed by atoms with Gasteiger partial charge in [-0.05, 0) is 49.9 Å². The van der Waals surface area contributed by atoms with Gasteiger partial charge in [-0.3, -0.25) is 0 Å². The summed E-state index contributed by atoms with van der Waals surface area (Å²) >= 11 is 0. The zero-order valence-electron chi connectivity index (χ0n) is 18.9. The van der Waals surface area contributed by atoms with Gasteiger partial charge in [0.25, 0.3) is 0 Å². The number of amides is 2. The number of anilines is 1. The van der Waals surface area contributed by atoms with E-state index in [2.05, 4.69) is 28.6 Å². The molecule has 2 aromatic rings. The molecule has 2 aromatic carbocycles. The number of fused-ring (bicyclic) bond motifs is 1. The van der Waals surface area contributed by atoms with Crippen LogP contribution < -0.4 is 20.1 Å². The number of carbonyl (C=O) groups is 1. The number of carbonyl (C=O) groups excluding carboxylic acids is 1. The molecule has 1 heterocycles. The van der Waals surface area contributed by atoms with Crippen molar-refractivity contribution in [1.29, 1.82) is 0 Å². The third kappa shape index (κ3) is 4.46. The first kappa shape index (κ1) is 23.2. The molecule has 1 aliphatic carbocycles. The molecular formula is C24H28F3N3O3. The van der Waals surface area contributed by atoms with E-state index in [0.717, 1.165) is 44.5 Å². The maximum atomic E-state index is 13.4. The van der Waals surface area contributed by atoms with Crippen LogP contribution in [0.15, 0.2) is 30.3 Å². The number of urea groups is 1. The molecule has 2 N–H and O–H groups in total. The van der Waals surface area contributed by atoms with Crippen LogP contribution >= 0.6 is 0 Å². The second-order valence-electron chi connectivity index (χ2n) is 8.94. The van der Waals surface area contributed by atoms with Gasteiger partial charge in [0.15, 0.2) is 29.0 Å². The van der Waals surface area contributed by atoms with E-state index in [-0.39, 0.29) is 17.1 Å². The predicted octanol–water partition coefficient (Wildman–Crippen LogP) is 4.29. The van der Waals surface area contributed by atoms with Crippen LogP contribution in [0, 0.1) is 23.4 Å². The summed E-state index contributed by atoms with van der Waals surface area (Å²) in [5.74, 6) is -2.59. The van der Waals surface area contributed by atoms with Gasteiger partial charge in [-0.2, -0.15) is 0 Å². The average Bonchev–Trinajstić information content (AvgIpc) is 3.13. The number of hydrogen-bond acceptors (Lipinski definition) is 4. The molecule has 2 amide bonds. The van der Waals surface area contributed by atoms with Gasteiger partial charge in [0.05, 0.1) is 14.2 Å². The Morgan fingerprint density at radius 2 is 1.79 bits per heavy atom. The van der Waals surface area contributed by atoms with Crippen LogP contribution in [0.4, 0.5) is 23.7 Å². The molecule has 178 valence electrons. The first-order valence-electron chi connectivity index (χ1n) is 10.9. The molecule has 1 aliphatic heterocycles. The van der Waals surface area contributed by atoms with E-state index < -0.39 is 23.5 Å². The lowest BCUT2D eigenvalue weighted by Gasteiger charge is -2.42. The quantitative estimate of drug-likeness (QED) is 0.650. The lowest BCUT2D eigenvalue weighted by Crippen LogP contribution is -2.48. The second kappa shape index (κ2) is 9.13. The van der Waals surface area contributed by atoms with Gasteiger partial charge in [0.2, 0.25) is 0 Å². The topological polar surface area (TPSA) is 62.8 Å². The number of likely N-dealkylation sites (tertiary alicyclic amines) is 1. The van der Waals surface area contributed by atoms with E-state index in [4.69, 9.17) is 9.47 Å². The highest BCUT2D eigenvalue weighted by Crippen LogP contribution is 2.49. The Morgan fingerprint density at radius 3 is 2.45 bits per heavy atom. The number of ether oxygens (including phenoxy) is 2. The molecule has 2 aliphatic rings. The molecule has 0 bridgehead atoms. The van der Waals surface area contributed by atoms with Gasteiger partial charge in [0.1, 0.15) is 0 Å². The summed E-state index contributed by atoms with van der Waals surface area (Å²) < 4.78 is 50.9. The van der Waals surface area contributed by atoms with Crippen LogP contribution in [0.2, 0.25) is 0 Å². The summed E-state index contributed by atoms with van der Waals surface area (Å²) in [6.45, 7) is 1.79. The van der Waals surface area contributed by atoms with Crippen molar-refractivity contribution in [3.05, 3.63) is 53.3 Å². The maximum absolute atomic E-state index is 13.4. The van der Waals surface area contributed by atoms with Crippen LogP contribution in [0.3, 0.4) is 0 Å². The monoisotopic (exact) mass is 463 g/mol. The van der Waals surface area contributed by atoms with E-state index in [1.54, 1.807) is 14.2 Å². The van der Waals surface area contributed by atoms with Gasteiger partial charge < -0.3 is 25.0 Å². The Morgan fingerprint density at radius 1 is 1.09 bits per heavy atom. The molecule has 33 heavy (non-hydrogen) atoms. The van der Waals surface area contributed by atoms with Crippen molar-refractivity contribution in [2.75, 3.05) is 39.7 Å². The normalized spacial score (nSPS) is 24.8. The number of rotatable bonds is 5. The molecule has 4 rings (SSSR count). The van der Waals surface area contributed by atoms with Gasteiger partial charge in [-0.15, -0.1) is 0 Å². The van der Waals surface area contributed by atoms with Crippen LogP contribution in [0.25, 0.3) is 0 Å². The second-order valence-corrected chi connectivity index (χ2v) is 8.94. The van der Waals surface area contributed by atoms with E-state index in [1.807, 2.05) is 12.1 Å². The van der Waals surface area contributed by atoms with Crippen molar-refractivity contribution >= 4 is 11.7 Å². The van der Waals surface area contributed by atoms with Crippen molar-refractivity contribution in [3.8, 4) is 11.5 Å². The largest absolute Gasteiger partial charge is 0.493 e. The summed E-state index contributed by atoms with van der Waals surface area (Å²) in [6, 6.07) is 6.91. The minimum Gasteiger partial charge on any atom is -0.493 e. The molecular weight excluding hydrogens is 435 g/mol. The first-order valence-corrected chi connectivity index (χ1v) is 10.9. The molecule has 1 saturated carbocycles. The van der Waals surface area contributed by atoms with Crippen molar-refractivity contribution in [1.82, 2.24) is 10.2 Å². The van der Waals surface area contributed by atoms with E-state index >= 15 is 0 Å². The predicted molar refractivity (Wildman–Crippen MR) is 118 cm³/mol. The first-order chi connectivity index (χ1) is 15.8. The fraction of sp³-hybridized carbons (Fsp3) is 0.458. The van der Waals surface area contributed by atoms with E-state index in [0.29, 0.717) is 17.4 Å². The number of likely N-dealkylation sites (N-methyl/N-ethyl adjacent to an activating group) is 1. The number of hydrogen-bond donors (Lipinski definition) is 2. The third-order valence-electron chi connectivity index (χ3n) is 6.91. The van der Waals surface area contributed by atoms with E-state index in [1.165, 1.54) is 5.56 Å². The number of methoxy groups -OCH3 is 2. The highest BCUT2D eigenvalue weighted by molar-refractivity contribution is 5.89. The molecule has 6 nitrogen and oxygen atoms in total. The van der Waals surface area contributed by atoms with Crippen molar-refractivity contribution < 1.29 is 27.4 Å². The summed E-state index contributed by atoms with van der Waals surface area (Å²) in [5, 5.41) is 5.30. The molecule has 1 saturated heterocycles. The minimum atomic E-state index is -1.56. The lowest BCUT2D eigenvalue weighted by atomic mass is 9.63. The SMILES string of the molecule is COc1ccc(C23CCC(NC(=O)Nc4cc(F)c(F)c(F)c4)CC2CN(C)C3)cc1OC. The third-order valence-corrected chi connectivity index (χ3v) is 6.91. The van der Waals surface area contributed by atoms with Crippen LogP contribution in [-0.4, -0.2) is 51.3 Å². The van der Waals surface area contributed by atoms with Gasteiger partial charge in [0, 0.05) is 42.4 Å². The molecule has 0 radical (unpaired) electrons. The number of benzene rings is 2. The zero-order chi connectivity index (χ0) is 23.8. The standard InChI is InChI=1S/C24H28F3N3O3/c1-30-12-15-8-16(28-23(31)29-17-10-18(25)22(27)19(26)11-17)6-7-24(15,13-30)14-4-5-20(32-2)21(9-14)33-3/h4-5,9-11,15-16H,6-8,12-13H2,1-3H3,(H2,28,29,31). The van der Waals surface area contributed by atoms with Gasteiger partial charge >= 0.3 is 6.03 Å². The minimum absolute atomic E-state index is 0.0633. The fourth-order valence-electron chi connectivity index (χ4n) is 5.43. The lowest BCUT2D eigenvalue weighted by molar-refractivity contribution is 0.197. The maximum Gasteiger partial charge on any atom is 0.319 e. The Hall–Kier alpha value is -2.94. The molecule has 9 heteroatoms. The summed E-state index contributed by atoms with van der Waals surface area (Å²) in [5.41, 5.74) is 0.987. The van der Waals surface area contributed by atoms with Crippen LogP contribution in [0.1, 0.15) is 24.8 Å². The molecule has 3 atom stereocenters. The van der Waals surface area contributed by atoms with Gasteiger partial charge in [-0.25, -0.2) is 18.0 Å². The highest BCUT2D eigenvalue weighted by Gasteiger charge is 2.50. The van der Waals surface area contributed by atoms with Crippen molar-refractivity contribution in [2.24, 2.45) is 5.92 Å². The summed E-state index contributed by atoms with van der Waals surface area (Å²) in [6.07, 6.45) is 2.37. The van der Waals surface area contributed by atoms with Crippen LogP contribution in [0.5, 0.6) is 11.5 Å². The Kier molecular flexibility index (Phi) is 6.43. The highest BCUT2D eigenvalue weighted by atomic mass is 19.2. The van der Waals surface area contributed by atoms with Crippen molar-refractivity contribution in [2.45, 2.75) is 30.7 Å². The smallest absolute Gasteiger partial charge is 0.319 e. The fourth-order valence-corrected chi connectivity index (χ4v) is 5.43. The molecule has 3 unspecified atom stereocenters. The Bertz CT molecular complexity index is 1030. The Labute approximate surface area is 191 Å². The summed E-state index contributed by atoms with van der Waals surface area (Å²) in [4.78, 5) is 14.7. The molecule has 0 aromatic heterocycles. The molecule has 2 fully saturated rings. The summed E-state index contributed by atoms with van der Waals surface area (Å²) in [7, 11) is 5.32. The number of nitrogens with zero attached hydrogens (tertiary/aromatic N) is 1. The Balaban J connectivity index is 1.47. The van der Waals surface area contributed by atoms with Gasteiger partial charge in [-0.1, -0.05) is 6.07 Å². The zero-order valence-corrected chi connectivity index (χ0v) is 18.9. The van der Waals surface area contributed by atoms with Crippen LogP contribution in [-0.2, 0) is 5.41 Å². The number of nitrogens with one attached hydrogen (secondary N) is 2. The number of halogens is 3. The average molecular weight is 464 g/mol. The van der Waals surface area contributed by atoms with Crippen molar-refractivity contribution in [3.63, 3.8) is 0 Å².